The van der Waals surface area contributed by atoms with Gasteiger partial charge in [0.05, 0.1) is 13.7 Å². The third-order valence-electron chi connectivity index (χ3n) is 5.50. The minimum atomic E-state index is -1.10. The van der Waals surface area contributed by atoms with Crippen LogP contribution in [-0.2, 0) is 9.53 Å². The van der Waals surface area contributed by atoms with Gasteiger partial charge < -0.3 is 29.4 Å². The van der Waals surface area contributed by atoms with Crippen molar-refractivity contribution in [3.8, 4) is 23.0 Å². The van der Waals surface area contributed by atoms with Gasteiger partial charge in [-0.1, -0.05) is 25.1 Å². The van der Waals surface area contributed by atoms with Gasteiger partial charge in [0.2, 0.25) is 0 Å². The molecule has 0 aliphatic carbocycles. The number of pyridine rings is 1. The fourth-order valence-corrected chi connectivity index (χ4v) is 3.58. The summed E-state index contributed by atoms with van der Waals surface area (Å²) in [6, 6.07) is 13.3. The molecule has 38 heavy (non-hydrogen) atoms. The summed E-state index contributed by atoms with van der Waals surface area (Å²) in [7, 11) is 1.34. The summed E-state index contributed by atoms with van der Waals surface area (Å²) < 4.78 is 36.6. The zero-order valence-corrected chi connectivity index (χ0v) is 21.6. The molecule has 202 valence electrons. The fraction of sp³-hybridized carbons (Fsp3) is 0.321. The molecule has 2 aromatic carbocycles. The molecular weight excluding hydrogens is 495 g/mol. The van der Waals surface area contributed by atoms with Crippen molar-refractivity contribution in [3.63, 3.8) is 0 Å². The molecule has 0 aliphatic heterocycles. The fourth-order valence-electron chi connectivity index (χ4n) is 3.58. The first-order valence-electron chi connectivity index (χ1n) is 12.1. The highest BCUT2D eigenvalue weighted by Gasteiger charge is 2.31. The number of nitrogens with zero attached hydrogens (tertiary/aromatic N) is 1. The highest BCUT2D eigenvalue weighted by atomic mass is 19.1. The van der Waals surface area contributed by atoms with Gasteiger partial charge in [-0.05, 0) is 44.5 Å². The lowest BCUT2D eigenvalue weighted by Gasteiger charge is -2.28. The number of methoxy groups -OCH3 is 1. The van der Waals surface area contributed by atoms with Gasteiger partial charge >= 0.3 is 5.97 Å². The SMILES string of the molecule is CCCOc1cc(F)ccc1[C@@H](Oc1ccccc1)[C@H](C)OC(=O)[C@H](C)NC(=O)c1nccc(OC)c1O. The molecule has 0 aliphatic rings. The number of hydrogen-bond donors (Lipinski definition) is 2. The summed E-state index contributed by atoms with van der Waals surface area (Å²) >= 11 is 0. The van der Waals surface area contributed by atoms with Gasteiger partial charge in [-0.25, -0.2) is 14.2 Å². The van der Waals surface area contributed by atoms with Crippen LogP contribution < -0.4 is 19.5 Å². The maximum absolute atomic E-state index is 14.0. The molecule has 0 radical (unpaired) electrons. The second-order valence-corrected chi connectivity index (χ2v) is 8.43. The number of rotatable bonds is 12. The largest absolute Gasteiger partial charge is 0.503 e. The molecular formula is C28H31FN2O7. The number of carbonyl (C=O) groups is 2. The molecule has 2 N–H and O–H groups in total. The number of nitrogens with one attached hydrogen (secondary N) is 1. The predicted molar refractivity (Wildman–Crippen MR) is 137 cm³/mol. The van der Waals surface area contributed by atoms with Crippen LogP contribution in [0.3, 0.4) is 0 Å². The Balaban J connectivity index is 1.80. The summed E-state index contributed by atoms with van der Waals surface area (Å²) in [5.74, 6) is -1.63. The molecule has 0 fully saturated rings. The maximum Gasteiger partial charge on any atom is 0.328 e. The molecule has 1 heterocycles. The van der Waals surface area contributed by atoms with Crippen LogP contribution in [0.1, 0.15) is 49.3 Å². The number of para-hydroxylation sites is 1. The quantitative estimate of drug-likeness (QED) is 0.329. The number of carbonyl (C=O) groups excluding carboxylic acids is 2. The molecule has 9 nitrogen and oxygen atoms in total. The first kappa shape index (κ1) is 28.2. The van der Waals surface area contributed by atoms with Crippen molar-refractivity contribution >= 4 is 11.9 Å². The van der Waals surface area contributed by atoms with E-state index < -0.39 is 41.7 Å². The van der Waals surface area contributed by atoms with Crippen molar-refractivity contribution in [2.24, 2.45) is 0 Å². The Labute approximate surface area is 220 Å². The van der Waals surface area contributed by atoms with E-state index in [2.05, 4.69) is 10.3 Å². The summed E-state index contributed by atoms with van der Waals surface area (Å²) in [6.07, 6.45) is 0.269. The van der Waals surface area contributed by atoms with E-state index in [-0.39, 0.29) is 17.2 Å². The zero-order chi connectivity index (χ0) is 27.7. The summed E-state index contributed by atoms with van der Waals surface area (Å²) in [6.45, 7) is 5.35. The lowest BCUT2D eigenvalue weighted by atomic mass is 10.0. The van der Waals surface area contributed by atoms with Gasteiger partial charge in [-0.2, -0.15) is 0 Å². The molecule has 0 bridgehead atoms. The Bertz CT molecular complexity index is 1240. The van der Waals surface area contributed by atoms with E-state index in [1.54, 1.807) is 31.2 Å². The van der Waals surface area contributed by atoms with Crippen molar-refractivity contribution < 1.29 is 38.0 Å². The number of amides is 1. The van der Waals surface area contributed by atoms with E-state index in [1.165, 1.54) is 44.5 Å². The standard InChI is InChI=1S/C28H31FN2O7/c1-5-15-36-23-16-19(29)11-12-21(23)26(38-20-9-7-6-8-10-20)18(3)37-28(34)17(2)31-27(33)24-25(32)22(35-4)13-14-30-24/h6-14,16-18,26,32H,5,15H2,1-4H3,(H,31,33)/t17-,18-,26-/m0/s1. The van der Waals surface area contributed by atoms with Crippen molar-refractivity contribution in [3.05, 3.63) is 77.9 Å². The number of hydrogen-bond acceptors (Lipinski definition) is 8. The smallest absolute Gasteiger partial charge is 0.328 e. The van der Waals surface area contributed by atoms with Crippen LogP contribution in [0, 0.1) is 5.82 Å². The lowest BCUT2D eigenvalue weighted by Crippen LogP contribution is -2.42. The molecule has 0 spiro atoms. The molecule has 0 saturated carbocycles. The highest BCUT2D eigenvalue weighted by molar-refractivity contribution is 5.97. The van der Waals surface area contributed by atoms with Crippen LogP contribution in [0.25, 0.3) is 0 Å². The second kappa shape index (κ2) is 13.3. The van der Waals surface area contributed by atoms with Crippen LogP contribution in [-0.4, -0.2) is 47.8 Å². The first-order valence-corrected chi connectivity index (χ1v) is 12.1. The molecule has 1 aromatic heterocycles. The van der Waals surface area contributed by atoms with E-state index >= 15 is 0 Å². The van der Waals surface area contributed by atoms with Crippen molar-refractivity contribution in [2.75, 3.05) is 13.7 Å². The van der Waals surface area contributed by atoms with Crippen molar-refractivity contribution in [2.45, 2.75) is 45.4 Å². The number of ether oxygens (including phenoxy) is 4. The average Bonchev–Trinajstić information content (AvgIpc) is 2.91. The summed E-state index contributed by atoms with van der Waals surface area (Å²) in [5.41, 5.74) is 0.192. The van der Waals surface area contributed by atoms with Crippen molar-refractivity contribution in [1.82, 2.24) is 10.3 Å². The van der Waals surface area contributed by atoms with E-state index in [1.807, 2.05) is 13.0 Å². The van der Waals surface area contributed by atoms with Gasteiger partial charge in [0.25, 0.3) is 5.91 Å². The number of benzene rings is 2. The van der Waals surface area contributed by atoms with Crippen LogP contribution >= 0.6 is 0 Å². The maximum atomic E-state index is 14.0. The normalized spacial score (nSPS) is 13.1. The molecule has 3 atom stereocenters. The molecule has 0 unspecified atom stereocenters. The summed E-state index contributed by atoms with van der Waals surface area (Å²) in [5, 5.41) is 12.6. The minimum absolute atomic E-state index is 0.0651. The molecule has 0 saturated heterocycles. The topological polar surface area (TPSA) is 116 Å². The predicted octanol–water partition coefficient (Wildman–Crippen LogP) is 4.59. The monoisotopic (exact) mass is 526 g/mol. The van der Waals surface area contributed by atoms with Crippen LogP contribution in [0.4, 0.5) is 4.39 Å². The van der Waals surface area contributed by atoms with Crippen LogP contribution in [0.15, 0.2) is 60.8 Å². The molecule has 10 heteroatoms. The molecule has 1 amide bonds. The van der Waals surface area contributed by atoms with E-state index in [4.69, 9.17) is 18.9 Å². The van der Waals surface area contributed by atoms with Gasteiger partial charge in [-0.15, -0.1) is 0 Å². The Kier molecular flexibility index (Phi) is 9.86. The third kappa shape index (κ3) is 7.12. The van der Waals surface area contributed by atoms with Gasteiger partial charge in [-0.3, -0.25) is 4.79 Å². The molecule has 3 aromatic rings. The van der Waals surface area contributed by atoms with Crippen LogP contribution in [0.5, 0.6) is 23.0 Å². The lowest BCUT2D eigenvalue weighted by molar-refractivity contribution is -0.154. The number of aromatic hydroxyl groups is 1. The Morgan fingerprint density at radius 3 is 2.50 bits per heavy atom. The zero-order valence-electron chi connectivity index (χ0n) is 21.6. The number of aromatic nitrogens is 1. The van der Waals surface area contributed by atoms with Gasteiger partial charge in [0.1, 0.15) is 29.5 Å². The summed E-state index contributed by atoms with van der Waals surface area (Å²) in [4.78, 5) is 29.4. The minimum Gasteiger partial charge on any atom is -0.503 e. The van der Waals surface area contributed by atoms with E-state index in [9.17, 15) is 19.1 Å². The molecule has 3 rings (SSSR count). The van der Waals surface area contributed by atoms with E-state index in [0.717, 1.165) is 0 Å². The second-order valence-electron chi connectivity index (χ2n) is 8.43. The Morgan fingerprint density at radius 2 is 1.82 bits per heavy atom. The van der Waals surface area contributed by atoms with E-state index in [0.29, 0.717) is 24.3 Å². The Hall–Kier alpha value is -4.34. The highest BCUT2D eigenvalue weighted by Crippen LogP contribution is 2.34. The number of halogens is 1. The van der Waals surface area contributed by atoms with Crippen molar-refractivity contribution in [1.29, 1.82) is 0 Å². The van der Waals surface area contributed by atoms with Gasteiger partial charge in [0, 0.05) is 23.9 Å². The number of esters is 1. The first-order chi connectivity index (χ1) is 18.2. The van der Waals surface area contributed by atoms with Crippen LogP contribution in [0.2, 0.25) is 0 Å². The Morgan fingerprint density at radius 1 is 1.08 bits per heavy atom. The van der Waals surface area contributed by atoms with Gasteiger partial charge in [0.15, 0.2) is 23.3 Å². The third-order valence-corrected chi connectivity index (χ3v) is 5.50. The average molecular weight is 527 g/mol.